The molecule has 0 atom stereocenters. The van der Waals surface area contributed by atoms with E-state index in [1.807, 2.05) is 12.3 Å². The molecule has 0 bridgehead atoms. The molecular weight excluding hydrogens is 256 g/mol. The summed E-state index contributed by atoms with van der Waals surface area (Å²) in [7, 11) is 0. The summed E-state index contributed by atoms with van der Waals surface area (Å²) < 4.78 is 0. The van der Waals surface area contributed by atoms with Gasteiger partial charge in [0.15, 0.2) is 0 Å². The summed E-state index contributed by atoms with van der Waals surface area (Å²) >= 11 is 0. The summed E-state index contributed by atoms with van der Waals surface area (Å²) in [5.41, 5.74) is 3.98. The number of benzene rings is 1. The molecule has 0 amide bonds. The Balaban J connectivity index is 2.12. The third-order valence-corrected chi connectivity index (χ3v) is 3.65. The maximum atomic E-state index is 4.50. The van der Waals surface area contributed by atoms with Crippen molar-refractivity contribution < 1.29 is 0 Å². The first-order valence-electron chi connectivity index (χ1n) is 7.50. The van der Waals surface area contributed by atoms with E-state index in [9.17, 15) is 0 Å². The molecule has 1 N–H and O–H groups in total. The van der Waals surface area contributed by atoms with Crippen LogP contribution in [0.4, 0.5) is 11.5 Å². The van der Waals surface area contributed by atoms with E-state index in [2.05, 4.69) is 82.2 Å². The van der Waals surface area contributed by atoms with E-state index < -0.39 is 0 Å². The van der Waals surface area contributed by atoms with Gasteiger partial charge in [-0.3, -0.25) is 0 Å². The maximum absolute atomic E-state index is 4.50. The number of nitrogens with one attached hydrogen (secondary N) is 1. The molecule has 0 fully saturated rings. The van der Waals surface area contributed by atoms with Crippen molar-refractivity contribution in [2.24, 2.45) is 0 Å². The van der Waals surface area contributed by atoms with Crippen LogP contribution < -0.4 is 5.32 Å². The van der Waals surface area contributed by atoms with Gasteiger partial charge in [-0.15, -0.1) is 0 Å². The third kappa shape index (κ3) is 4.07. The van der Waals surface area contributed by atoms with Crippen molar-refractivity contribution in [3.05, 3.63) is 53.7 Å². The lowest BCUT2D eigenvalue weighted by molar-refractivity contribution is 0.587. The average Bonchev–Trinajstić information content (AvgIpc) is 2.38. The molecule has 2 heteroatoms. The Morgan fingerprint density at radius 3 is 1.67 bits per heavy atom. The molecule has 2 nitrogen and oxygen atoms in total. The molecule has 2 aromatic rings. The van der Waals surface area contributed by atoms with E-state index in [4.69, 9.17) is 0 Å². The van der Waals surface area contributed by atoms with Crippen LogP contribution in [-0.4, -0.2) is 4.98 Å². The molecule has 112 valence electrons. The van der Waals surface area contributed by atoms with Crippen LogP contribution in [-0.2, 0) is 10.8 Å². The maximum Gasteiger partial charge on any atom is 0.130 e. The SMILES string of the molecule is CC(C)(C)c1ccc(Nc2ccc(C(C)(C)C)cn2)cc1. The molecule has 1 heterocycles. The van der Waals surface area contributed by atoms with Crippen LogP contribution in [0.3, 0.4) is 0 Å². The first-order chi connectivity index (χ1) is 9.66. The minimum Gasteiger partial charge on any atom is -0.340 e. The normalized spacial score (nSPS) is 12.3. The lowest BCUT2D eigenvalue weighted by Gasteiger charge is -2.20. The number of anilines is 2. The minimum atomic E-state index is 0.139. The zero-order valence-electron chi connectivity index (χ0n) is 14.0. The summed E-state index contributed by atoms with van der Waals surface area (Å²) in [4.78, 5) is 4.50. The van der Waals surface area contributed by atoms with Crippen LogP contribution in [0.5, 0.6) is 0 Å². The van der Waals surface area contributed by atoms with Crippen molar-refractivity contribution in [3.63, 3.8) is 0 Å². The molecule has 1 aromatic carbocycles. The second-order valence-electron chi connectivity index (χ2n) is 7.63. The zero-order valence-corrected chi connectivity index (χ0v) is 14.0. The lowest BCUT2D eigenvalue weighted by atomic mass is 9.87. The van der Waals surface area contributed by atoms with Gasteiger partial charge in [0.05, 0.1) is 0 Å². The Hall–Kier alpha value is -1.83. The first-order valence-corrected chi connectivity index (χ1v) is 7.50. The smallest absolute Gasteiger partial charge is 0.130 e. The summed E-state index contributed by atoms with van der Waals surface area (Å²) in [5, 5.41) is 3.35. The fourth-order valence-corrected chi connectivity index (χ4v) is 2.11. The van der Waals surface area contributed by atoms with Crippen molar-refractivity contribution in [1.29, 1.82) is 0 Å². The second kappa shape index (κ2) is 5.51. The van der Waals surface area contributed by atoms with Crippen molar-refractivity contribution >= 4 is 11.5 Å². The monoisotopic (exact) mass is 282 g/mol. The fourth-order valence-electron chi connectivity index (χ4n) is 2.11. The van der Waals surface area contributed by atoms with Gasteiger partial charge in [-0.05, 0) is 40.2 Å². The molecule has 0 aliphatic rings. The fraction of sp³-hybridized carbons (Fsp3) is 0.421. The van der Waals surface area contributed by atoms with Gasteiger partial charge in [-0.2, -0.15) is 0 Å². The first kappa shape index (κ1) is 15.6. The Morgan fingerprint density at radius 2 is 1.24 bits per heavy atom. The number of rotatable bonds is 2. The highest BCUT2D eigenvalue weighted by Gasteiger charge is 2.14. The van der Waals surface area contributed by atoms with Crippen LogP contribution in [0.1, 0.15) is 52.7 Å². The van der Waals surface area contributed by atoms with Gasteiger partial charge in [0.1, 0.15) is 5.82 Å². The highest BCUT2D eigenvalue weighted by molar-refractivity contribution is 5.57. The number of nitrogens with zero attached hydrogens (tertiary/aromatic N) is 1. The number of hydrogen-bond donors (Lipinski definition) is 1. The summed E-state index contributed by atoms with van der Waals surface area (Å²) in [6.45, 7) is 13.3. The Morgan fingerprint density at radius 1 is 0.714 bits per heavy atom. The van der Waals surface area contributed by atoms with Gasteiger partial charge in [0.25, 0.3) is 0 Å². The van der Waals surface area contributed by atoms with E-state index in [-0.39, 0.29) is 10.8 Å². The molecule has 0 aliphatic heterocycles. The molecule has 2 rings (SSSR count). The van der Waals surface area contributed by atoms with Crippen molar-refractivity contribution in [2.75, 3.05) is 5.32 Å². The van der Waals surface area contributed by atoms with Gasteiger partial charge >= 0.3 is 0 Å². The minimum absolute atomic E-state index is 0.139. The molecule has 21 heavy (non-hydrogen) atoms. The lowest BCUT2D eigenvalue weighted by Crippen LogP contribution is -2.11. The van der Waals surface area contributed by atoms with E-state index in [0.717, 1.165) is 11.5 Å². The number of hydrogen-bond acceptors (Lipinski definition) is 2. The summed E-state index contributed by atoms with van der Waals surface area (Å²) in [5.74, 6) is 0.881. The molecular formula is C19H26N2. The number of aromatic nitrogens is 1. The van der Waals surface area contributed by atoms with E-state index in [1.54, 1.807) is 0 Å². The van der Waals surface area contributed by atoms with E-state index >= 15 is 0 Å². The molecule has 0 saturated heterocycles. The quantitative estimate of drug-likeness (QED) is 0.795. The third-order valence-electron chi connectivity index (χ3n) is 3.65. The van der Waals surface area contributed by atoms with Crippen molar-refractivity contribution in [2.45, 2.75) is 52.4 Å². The van der Waals surface area contributed by atoms with Crippen LogP contribution >= 0.6 is 0 Å². The van der Waals surface area contributed by atoms with Crippen molar-refractivity contribution in [3.8, 4) is 0 Å². The topological polar surface area (TPSA) is 24.9 Å². The molecule has 0 spiro atoms. The average molecular weight is 282 g/mol. The highest BCUT2D eigenvalue weighted by Crippen LogP contribution is 2.25. The second-order valence-corrected chi connectivity index (χ2v) is 7.63. The molecule has 1 aromatic heterocycles. The van der Waals surface area contributed by atoms with Gasteiger partial charge in [0.2, 0.25) is 0 Å². The predicted octanol–water partition coefficient (Wildman–Crippen LogP) is 5.42. The van der Waals surface area contributed by atoms with Crippen LogP contribution in [0.15, 0.2) is 42.6 Å². The van der Waals surface area contributed by atoms with E-state index in [1.165, 1.54) is 11.1 Å². The van der Waals surface area contributed by atoms with Gasteiger partial charge < -0.3 is 5.32 Å². The van der Waals surface area contributed by atoms with E-state index in [0.29, 0.717) is 0 Å². The van der Waals surface area contributed by atoms with Crippen LogP contribution in [0.25, 0.3) is 0 Å². The molecule has 0 radical (unpaired) electrons. The molecule has 0 aliphatic carbocycles. The van der Waals surface area contributed by atoms with Gasteiger partial charge in [0, 0.05) is 11.9 Å². The summed E-state index contributed by atoms with van der Waals surface area (Å²) in [6, 6.07) is 12.7. The highest BCUT2D eigenvalue weighted by atomic mass is 15.0. The Kier molecular flexibility index (Phi) is 4.08. The zero-order chi connectivity index (χ0) is 15.7. The Bertz CT molecular complexity index is 526. The van der Waals surface area contributed by atoms with Crippen molar-refractivity contribution in [1.82, 2.24) is 4.98 Å². The Labute approximate surface area is 128 Å². The molecule has 0 saturated carbocycles. The summed E-state index contributed by atoms with van der Waals surface area (Å²) in [6.07, 6.45) is 1.95. The predicted molar refractivity (Wildman–Crippen MR) is 91.4 cm³/mol. The number of pyridine rings is 1. The molecule has 0 unspecified atom stereocenters. The van der Waals surface area contributed by atoms with Crippen LogP contribution in [0, 0.1) is 0 Å². The van der Waals surface area contributed by atoms with Gasteiger partial charge in [-0.25, -0.2) is 4.98 Å². The van der Waals surface area contributed by atoms with Crippen LogP contribution in [0.2, 0.25) is 0 Å². The standard InChI is InChI=1S/C19H26N2/c1-18(2,3)14-7-10-16(11-8-14)21-17-12-9-15(13-20-17)19(4,5)6/h7-13H,1-6H3,(H,20,21). The largest absolute Gasteiger partial charge is 0.340 e. The van der Waals surface area contributed by atoms with Gasteiger partial charge in [-0.1, -0.05) is 59.7 Å².